The lowest BCUT2D eigenvalue weighted by atomic mass is 10.1. The molecule has 0 aliphatic carbocycles. The molecule has 0 fully saturated rings. The van der Waals surface area contributed by atoms with E-state index in [-0.39, 0.29) is 24.0 Å². The lowest BCUT2D eigenvalue weighted by molar-refractivity contribution is 0.205. The summed E-state index contributed by atoms with van der Waals surface area (Å²) in [5, 5.41) is 2.83. The van der Waals surface area contributed by atoms with Gasteiger partial charge in [0.15, 0.2) is 0 Å². The Kier molecular flexibility index (Phi) is 4.89. The van der Waals surface area contributed by atoms with Gasteiger partial charge in [-0.1, -0.05) is 30.3 Å². The van der Waals surface area contributed by atoms with Crippen LogP contribution in [-0.4, -0.2) is 27.4 Å². The first-order valence-corrected chi connectivity index (χ1v) is 9.05. The monoisotopic (exact) mass is 378 g/mol. The predicted molar refractivity (Wildman–Crippen MR) is 104 cm³/mol. The largest absolute Gasteiger partial charge is 0.322 e. The number of halogens is 1. The van der Waals surface area contributed by atoms with Gasteiger partial charge in [-0.2, -0.15) is 0 Å². The molecule has 0 atom stereocenters. The summed E-state index contributed by atoms with van der Waals surface area (Å²) in [5.41, 5.74) is 2.38. The third kappa shape index (κ3) is 3.93. The van der Waals surface area contributed by atoms with Crippen LogP contribution in [0.3, 0.4) is 0 Å². The zero-order valence-corrected chi connectivity index (χ0v) is 15.1. The second-order valence-electron chi connectivity index (χ2n) is 6.71. The average Bonchev–Trinajstić information content (AvgIpc) is 2.68. The molecule has 0 saturated heterocycles. The lowest BCUT2D eigenvalue weighted by Crippen LogP contribution is -2.42. The third-order valence-corrected chi connectivity index (χ3v) is 4.69. The normalized spacial score (nSPS) is 13.1. The third-order valence-electron chi connectivity index (χ3n) is 4.69. The number of aromatic amines is 1. The summed E-state index contributed by atoms with van der Waals surface area (Å²) in [4.78, 5) is 33.9. The summed E-state index contributed by atoms with van der Waals surface area (Å²) in [5.74, 6) is 0.175. The van der Waals surface area contributed by atoms with Crippen molar-refractivity contribution in [2.75, 3.05) is 11.9 Å². The summed E-state index contributed by atoms with van der Waals surface area (Å²) < 4.78 is 13.4. The zero-order chi connectivity index (χ0) is 19.5. The van der Waals surface area contributed by atoms with Crippen molar-refractivity contribution in [3.8, 4) is 0 Å². The number of benzene rings is 2. The van der Waals surface area contributed by atoms with E-state index in [1.165, 1.54) is 12.1 Å². The molecule has 4 rings (SSSR count). The molecule has 0 spiro atoms. The average molecular weight is 378 g/mol. The predicted octanol–water partition coefficient (Wildman–Crippen LogP) is 3.09. The molecule has 0 unspecified atom stereocenters. The molecule has 0 bridgehead atoms. The maximum Gasteiger partial charge on any atom is 0.322 e. The van der Waals surface area contributed by atoms with Crippen LogP contribution in [0.2, 0.25) is 0 Å². The van der Waals surface area contributed by atoms with Crippen molar-refractivity contribution in [3.63, 3.8) is 0 Å². The van der Waals surface area contributed by atoms with Gasteiger partial charge in [-0.25, -0.2) is 14.2 Å². The first-order chi connectivity index (χ1) is 13.6. The Morgan fingerprint density at radius 1 is 1.18 bits per heavy atom. The molecule has 0 saturated carbocycles. The first kappa shape index (κ1) is 17.9. The number of nitrogens with zero attached hydrogens (tertiary/aromatic N) is 2. The smallest absolute Gasteiger partial charge is 0.320 e. The van der Waals surface area contributed by atoms with Crippen molar-refractivity contribution < 1.29 is 9.18 Å². The van der Waals surface area contributed by atoms with Crippen molar-refractivity contribution in [1.82, 2.24) is 14.9 Å². The van der Waals surface area contributed by atoms with Crippen LogP contribution in [0.1, 0.15) is 22.6 Å². The molecule has 2 N–H and O–H groups in total. The summed E-state index contributed by atoms with van der Waals surface area (Å²) in [6, 6.07) is 15.1. The van der Waals surface area contributed by atoms with Gasteiger partial charge in [0.05, 0.1) is 17.8 Å². The molecule has 0 radical (unpaired) electrons. The number of nitrogens with one attached hydrogen (secondary N) is 2. The number of aromatic nitrogens is 2. The van der Waals surface area contributed by atoms with Crippen molar-refractivity contribution in [2.24, 2.45) is 0 Å². The Labute approximate surface area is 161 Å². The highest BCUT2D eigenvalue weighted by Crippen LogP contribution is 2.17. The fourth-order valence-electron chi connectivity index (χ4n) is 3.30. The Morgan fingerprint density at radius 2 is 2.00 bits per heavy atom. The topological polar surface area (TPSA) is 78.1 Å². The van der Waals surface area contributed by atoms with Crippen LogP contribution >= 0.6 is 0 Å². The molecule has 2 amide bonds. The quantitative estimate of drug-likeness (QED) is 0.735. The molecule has 28 heavy (non-hydrogen) atoms. The van der Waals surface area contributed by atoms with E-state index in [0.717, 1.165) is 5.56 Å². The van der Waals surface area contributed by atoms with Crippen LogP contribution in [0, 0.1) is 5.82 Å². The zero-order valence-electron chi connectivity index (χ0n) is 15.1. The van der Waals surface area contributed by atoms with Crippen LogP contribution < -0.4 is 10.9 Å². The van der Waals surface area contributed by atoms with Gasteiger partial charge in [-0.05, 0) is 29.8 Å². The molecule has 1 aromatic heterocycles. The number of hydrogen-bond acceptors (Lipinski definition) is 3. The highest BCUT2D eigenvalue weighted by Gasteiger charge is 2.24. The Morgan fingerprint density at radius 3 is 2.79 bits per heavy atom. The molecule has 6 nitrogen and oxygen atoms in total. The van der Waals surface area contributed by atoms with Gasteiger partial charge < -0.3 is 15.2 Å². The number of amides is 2. The number of urea groups is 1. The Bertz CT molecular complexity index is 1070. The summed E-state index contributed by atoms with van der Waals surface area (Å²) >= 11 is 0. The van der Waals surface area contributed by atoms with E-state index in [1.807, 2.05) is 30.3 Å². The van der Waals surface area contributed by atoms with Crippen LogP contribution in [0.15, 0.2) is 59.4 Å². The van der Waals surface area contributed by atoms with Gasteiger partial charge in [-0.15, -0.1) is 0 Å². The lowest BCUT2D eigenvalue weighted by Gasteiger charge is -2.28. The molecule has 142 valence electrons. The standard InChI is InChI=1S/C21H19FN4O2/c22-15-6-4-5-14(11-15)12-19-24-18-9-10-26(13-17(18)20(27)25-19)21(28)23-16-7-2-1-3-8-16/h1-8,11H,9-10,12-13H2,(H,23,28)(H,24,25,27). The number of fused-ring (bicyclic) bond motifs is 1. The minimum absolute atomic E-state index is 0.205. The first-order valence-electron chi connectivity index (χ1n) is 9.05. The molecule has 2 aromatic carbocycles. The van der Waals surface area contributed by atoms with Crippen LogP contribution in [-0.2, 0) is 19.4 Å². The van der Waals surface area contributed by atoms with E-state index in [2.05, 4.69) is 15.3 Å². The minimum Gasteiger partial charge on any atom is -0.320 e. The van der Waals surface area contributed by atoms with E-state index >= 15 is 0 Å². The molecular formula is C21H19FN4O2. The van der Waals surface area contributed by atoms with Gasteiger partial charge in [-0.3, -0.25) is 4.79 Å². The van der Waals surface area contributed by atoms with Crippen LogP contribution in [0.5, 0.6) is 0 Å². The molecular weight excluding hydrogens is 359 g/mol. The highest BCUT2D eigenvalue weighted by molar-refractivity contribution is 5.89. The van der Waals surface area contributed by atoms with E-state index in [0.29, 0.717) is 42.2 Å². The number of rotatable bonds is 3. The SMILES string of the molecule is O=C(Nc1ccccc1)N1CCc2nc(Cc3cccc(F)c3)[nH]c(=O)c2C1. The fraction of sp³-hybridized carbons (Fsp3) is 0.190. The van der Waals surface area contributed by atoms with Crippen molar-refractivity contribution in [1.29, 1.82) is 0 Å². The molecule has 7 heteroatoms. The summed E-state index contributed by atoms with van der Waals surface area (Å²) in [6.45, 7) is 0.679. The van der Waals surface area contributed by atoms with E-state index in [4.69, 9.17) is 0 Å². The summed E-state index contributed by atoms with van der Waals surface area (Å²) in [7, 11) is 0. The molecule has 2 heterocycles. The van der Waals surface area contributed by atoms with Crippen molar-refractivity contribution in [3.05, 3.63) is 93.4 Å². The Hall–Kier alpha value is -3.48. The Balaban J connectivity index is 1.50. The second kappa shape index (κ2) is 7.64. The van der Waals surface area contributed by atoms with Gasteiger partial charge in [0, 0.05) is 25.1 Å². The second-order valence-corrected chi connectivity index (χ2v) is 6.71. The van der Waals surface area contributed by atoms with Crippen LogP contribution in [0.25, 0.3) is 0 Å². The van der Waals surface area contributed by atoms with E-state index < -0.39 is 0 Å². The van der Waals surface area contributed by atoms with Gasteiger partial charge in [0.2, 0.25) is 0 Å². The van der Waals surface area contributed by atoms with E-state index in [1.54, 1.807) is 17.0 Å². The summed E-state index contributed by atoms with van der Waals surface area (Å²) in [6.07, 6.45) is 0.843. The van der Waals surface area contributed by atoms with E-state index in [9.17, 15) is 14.0 Å². The molecule has 3 aromatic rings. The highest BCUT2D eigenvalue weighted by atomic mass is 19.1. The van der Waals surface area contributed by atoms with Gasteiger partial charge in [0.1, 0.15) is 11.6 Å². The molecule has 1 aliphatic heterocycles. The van der Waals surface area contributed by atoms with Crippen molar-refractivity contribution in [2.45, 2.75) is 19.4 Å². The van der Waals surface area contributed by atoms with Gasteiger partial charge in [0.25, 0.3) is 5.56 Å². The number of hydrogen-bond donors (Lipinski definition) is 2. The number of carbonyl (C=O) groups excluding carboxylic acids is 1. The number of anilines is 1. The van der Waals surface area contributed by atoms with Gasteiger partial charge >= 0.3 is 6.03 Å². The molecule has 1 aliphatic rings. The minimum atomic E-state index is -0.321. The fourth-order valence-corrected chi connectivity index (χ4v) is 3.30. The number of carbonyl (C=O) groups is 1. The maximum absolute atomic E-state index is 13.4. The maximum atomic E-state index is 13.4. The number of H-pyrrole nitrogens is 1. The number of para-hydroxylation sites is 1. The van der Waals surface area contributed by atoms with Crippen molar-refractivity contribution >= 4 is 11.7 Å². The van der Waals surface area contributed by atoms with Crippen LogP contribution in [0.4, 0.5) is 14.9 Å².